The SMILES string of the molecule is CC(O)CCO.ClCCl.O. The summed E-state index contributed by atoms with van der Waals surface area (Å²) in [6, 6.07) is 0. The van der Waals surface area contributed by atoms with Gasteiger partial charge in [-0.2, -0.15) is 0 Å². The molecular weight excluding hydrogens is 179 g/mol. The van der Waals surface area contributed by atoms with E-state index in [4.69, 9.17) is 33.4 Å². The highest BCUT2D eigenvalue weighted by Gasteiger charge is 1.88. The Hall–Kier alpha value is 0.460. The van der Waals surface area contributed by atoms with Gasteiger partial charge in [0.25, 0.3) is 0 Å². The van der Waals surface area contributed by atoms with E-state index in [1.165, 1.54) is 0 Å². The minimum absolute atomic E-state index is 0. The molecule has 0 saturated heterocycles. The summed E-state index contributed by atoms with van der Waals surface area (Å²) in [4.78, 5) is 0. The second-order valence-corrected chi connectivity index (χ2v) is 2.27. The summed E-state index contributed by atoms with van der Waals surface area (Å²) in [5.41, 5.74) is 0. The fraction of sp³-hybridized carbons (Fsp3) is 1.00. The topological polar surface area (TPSA) is 72.0 Å². The van der Waals surface area contributed by atoms with Crippen LogP contribution in [0.2, 0.25) is 0 Å². The van der Waals surface area contributed by atoms with Crippen molar-refractivity contribution in [1.29, 1.82) is 0 Å². The summed E-state index contributed by atoms with van der Waals surface area (Å²) in [7, 11) is 0. The molecule has 0 radical (unpaired) electrons. The fourth-order valence-electron chi connectivity index (χ4n) is 0.187. The molecule has 0 aliphatic carbocycles. The van der Waals surface area contributed by atoms with Crippen molar-refractivity contribution >= 4 is 23.2 Å². The monoisotopic (exact) mass is 192 g/mol. The lowest BCUT2D eigenvalue weighted by Crippen LogP contribution is -2.00. The number of hydrogen-bond donors (Lipinski definition) is 2. The molecule has 0 amide bonds. The van der Waals surface area contributed by atoms with E-state index in [0.717, 1.165) is 0 Å². The van der Waals surface area contributed by atoms with Gasteiger partial charge in [-0.25, -0.2) is 0 Å². The van der Waals surface area contributed by atoms with Crippen molar-refractivity contribution in [1.82, 2.24) is 0 Å². The largest absolute Gasteiger partial charge is 0.412 e. The van der Waals surface area contributed by atoms with Gasteiger partial charge in [-0.3, -0.25) is 0 Å². The van der Waals surface area contributed by atoms with E-state index < -0.39 is 0 Å². The van der Waals surface area contributed by atoms with Gasteiger partial charge < -0.3 is 15.7 Å². The molecule has 1 atom stereocenters. The van der Waals surface area contributed by atoms with Crippen LogP contribution in [0.1, 0.15) is 13.3 Å². The minimum Gasteiger partial charge on any atom is -0.412 e. The number of rotatable bonds is 2. The Labute approximate surface area is 70.9 Å². The molecule has 5 heteroatoms. The Morgan fingerprint density at radius 1 is 1.40 bits per heavy atom. The summed E-state index contributed by atoms with van der Waals surface area (Å²) >= 11 is 9.53. The predicted octanol–water partition coefficient (Wildman–Crippen LogP) is 0.346. The van der Waals surface area contributed by atoms with Gasteiger partial charge in [-0.15, -0.1) is 23.2 Å². The second-order valence-electron chi connectivity index (χ2n) is 1.46. The van der Waals surface area contributed by atoms with Crippen LogP contribution >= 0.6 is 23.2 Å². The first-order chi connectivity index (χ1) is 4.18. The summed E-state index contributed by atoms with van der Waals surface area (Å²) in [5, 5.41) is 16.7. The van der Waals surface area contributed by atoms with Crippen LogP contribution < -0.4 is 0 Å². The molecule has 0 heterocycles. The van der Waals surface area contributed by atoms with Crippen molar-refractivity contribution in [2.24, 2.45) is 0 Å². The van der Waals surface area contributed by atoms with Crippen LogP contribution in [0.3, 0.4) is 0 Å². The number of aliphatic hydroxyl groups is 2. The van der Waals surface area contributed by atoms with Crippen LogP contribution in [0.4, 0.5) is 0 Å². The predicted molar refractivity (Wildman–Crippen MR) is 43.6 cm³/mol. The lowest BCUT2D eigenvalue weighted by Gasteiger charge is -1.95. The summed E-state index contributed by atoms with van der Waals surface area (Å²) in [6.07, 6.45) is 0.134. The number of aliphatic hydroxyl groups excluding tert-OH is 2. The van der Waals surface area contributed by atoms with Crippen molar-refractivity contribution in [2.45, 2.75) is 19.4 Å². The third-order valence-electron chi connectivity index (χ3n) is 0.547. The maximum atomic E-state index is 8.39. The highest BCUT2D eigenvalue weighted by molar-refractivity contribution is 6.40. The number of hydrogen-bond acceptors (Lipinski definition) is 2. The van der Waals surface area contributed by atoms with E-state index in [1.807, 2.05) is 0 Å². The van der Waals surface area contributed by atoms with Gasteiger partial charge in [0.15, 0.2) is 0 Å². The summed E-state index contributed by atoms with van der Waals surface area (Å²) in [5.74, 6) is 0. The molecule has 1 unspecified atom stereocenters. The van der Waals surface area contributed by atoms with Crippen molar-refractivity contribution in [3.8, 4) is 0 Å². The first kappa shape index (κ1) is 16.8. The molecule has 0 aliphatic rings. The molecule has 4 N–H and O–H groups in total. The van der Waals surface area contributed by atoms with Gasteiger partial charge in [-0.1, -0.05) is 0 Å². The zero-order valence-electron chi connectivity index (χ0n) is 5.85. The summed E-state index contributed by atoms with van der Waals surface area (Å²) in [6.45, 7) is 1.73. The molecule has 0 fully saturated rings. The van der Waals surface area contributed by atoms with Gasteiger partial charge in [-0.05, 0) is 13.3 Å². The molecule has 0 aromatic heterocycles. The van der Waals surface area contributed by atoms with E-state index in [-0.39, 0.29) is 23.5 Å². The third kappa shape index (κ3) is 39.3. The first-order valence-electron chi connectivity index (χ1n) is 2.59. The highest BCUT2D eigenvalue weighted by Crippen LogP contribution is 1.83. The summed E-state index contributed by atoms with van der Waals surface area (Å²) < 4.78 is 0. The molecule has 0 aliphatic heterocycles. The smallest absolute Gasteiger partial charge is 0.0967 e. The molecule has 3 nitrogen and oxygen atoms in total. The highest BCUT2D eigenvalue weighted by atomic mass is 35.5. The van der Waals surface area contributed by atoms with E-state index in [0.29, 0.717) is 6.42 Å². The van der Waals surface area contributed by atoms with Crippen molar-refractivity contribution in [2.75, 3.05) is 11.9 Å². The van der Waals surface area contributed by atoms with Crippen molar-refractivity contribution < 1.29 is 15.7 Å². The van der Waals surface area contributed by atoms with Gasteiger partial charge >= 0.3 is 0 Å². The number of halogens is 2. The second kappa shape index (κ2) is 16.2. The lowest BCUT2D eigenvalue weighted by molar-refractivity contribution is 0.148. The molecule has 0 aromatic rings. The van der Waals surface area contributed by atoms with Gasteiger partial charge in [0.05, 0.1) is 11.4 Å². The van der Waals surface area contributed by atoms with E-state index in [1.54, 1.807) is 6.92 Å². The van der Waals surface area contributed by atoms with Crippen LogP contribution in [-0.4, -0.2) is 33.7 Å². The molecule has 0 aromatic carbocycles. The van der Waals surface area contributed by atoms with Crippen molar-refractivity contribution in [3.63, 3.8) is 0 Å². The Kier molecular flexibility index (Phi) is 27.3. The third-order valence-corrected chi connectivity index (χ3v) is 0.547. The lowest BCUT2D eigenvalue weighted by atomic mass is 10.3. The minimum atomic E-state index is -0.352. The van der Waals surface area contributed by atoms with Crippen LogP contribution in [0.5, 0.6) is 0 Å². The first-order valence-corrected chi connectivity index (χ1v) is 3.66. The van der Waals surface area contributed by atoms with Gasteiger partial charge in [0, 0.05) is 6.61 Å². The Morgan fingerprint density at radius 3 is 1.70 bits per heavy atom. The average molecular weight is 193 g/mol. The quantitative estimate of drug-likeness (QED) is 0.621. The Bertz CT molecular complexity index is 43.9. The van der Waals surface area contributed by atoms with E-state index in [2.05, 4.69) is 0 Å². The maximum absolute atomic E-state index is 8.39. The van der Waals surface area contributed by atoms with Crippen molar-refractivity contribution in [3.05, 3.63) is 0 Å². The van der Waals surface area contributed by atoms with E-state index in [9.17, 15) is 0 Å². The van der Waals surface area contributed by atoms with Crippen LogP contribution in [0.15, 0.2) is 0 Å². The van der Waals surface area contributed by atoms with Gasteiger partial charge in [0.2, 0.25) is 0 Å². The zero-order chi connectivity index (χ0) is 7.70. The molecule has 0 bridgehead atoms. The van der Waals surface area contributed by atoms with Crippen LogP contribution in [-0.2, 0) is 0 Å². The molecule has 0 saturated carbocycles. The van der Waals surface area contributed by atoms with E-state index >= 15 is 0 Å². The maximum Gasteiger partial charge on any atom is 0.0967 e. The number of alkyl halides is 2. The molecule has 0 rings (SSSR count). The van der Waals surface area contributed by atoms with Crippen LogP contribution in [0, 0.1) is 0 Å². The molecule has 66 valence electrons. The molecular formula is C5H14Cl2O3. The Balaban J connectivity index is -0.000000107. The molecule has 10 heavy (non-hydrogen) atoms. The fourth-order valence-corrected chi connectivity index (χ4v) is 0.187. The normalized spacial score (nSPS) is 10.5. The standard InChI is InChI=1S/C4H10O2.CH2Cl2.H2O/c1-4(6)2-3-5;2-1-3;/h4-6H,2-3H2,1H3;1H2;1H2. The van der Waals surface area contributed by atoms with Crippen LogP contribution in [0.25, 0.3) is 0 Å². The zero-order valence-corrected chi connectivity index (χ0v) is 7.36. The molecule has 0 spiro atoms. The average Bonchev–Trinajstić information content (AvgIpc) is 1.67. The Morgan fingerprint density at radius 2 is 1.70 bits per heavy atom. The van der Waals surface area contributed by atoms with Gasteiger partial charge in [0.1, 0.15) is 0 Å².